The highest BCUT2D eigenvalue weighted by Crippen LogP contribution is 1.96. The molecule has 0 atom stereocenters. The van der Waals surface area contributed by atoms with Crippen molar-refractivity contribution in [1.82, 2.24) is 14.5 Å². The van der Waals surface area contributed by atoms with Crippen LogP contribution in [0.3, 0.4) is 0 Å². The predicted octanol–water partition coefficient (Wildman–Crippen LogP) is 0.582. The molecule has 0 saturated carbocycles. The fraction of sp³-hybridized carbons (Fsp3) is 0.643. The van der Waals surface area contributed by atoms with Crippen LogP contribution in [0.15, 0.2) is 21.9 Å². The Morgan fingerprint density at radius 2 is 2.05 bits per heavy atom. The zero-order chi connectivity index (χ0) is 15.1. The highest BCUT2D eigenvalue weighted by molar-refractivity contribution is 5.75. The van der Waals surface area contributed by atoms with Gasteiger partial charge in [0.05, 0.1) is 0 Å². The summed E-state index contributed by atoms with van der Waals surface area (Å²) in [6, 6.07) is 1.32. The standard InChI is InChI=1S/C14H23N3O3/c1-4-8-16-9-6-13(19)17(14(16)20)10-12(18)15-7-5-11(2)3/h6,9,11H,4-5,7-8,10H2,1-3H3,(H,15,18). The van der Waals surface area contributed by atoms with Crippen LogP contribution in [-0.4, -0.2) is 21.6 Å². The van der Waals surface area contributed by atoms with Crippen LogP contribution in [0.1, 0.15) is 33.6 Å². The molecule has 0 saturated heterocycles. The van der Waals surface area contributed by atoms with Crippen LogP contribution in [0.4, 0.5) is 0 Å². The number of rotatable bonds is 7. The van der Waals surface area contributed by atoms with Gasteiger partial charge < -0.3 is 9.88 Å². The van der Waals surface area contributed by atoms with Crippen molar-refractivity contribution < 1.29 is 4.79 Å². The molecule has 1 amide bonds. The monoisotopic (exact) mass is 281 g/mol. The molecular weight excluding hydrogens is 258 g/mol. The lowest BCUT2D eigenvalue weighted by Gasteiger charge is -2.10. The van der Waals surface area contributed by atoms with E-state index < -0.39 is 11.2 Å². The van der Waals surface area contributed by atoms with Crippen molar-refractivity contribution in [1.29, 1.82) is 0 Å². The van der Waals surface area contributed by atoms with Gasteiger partial charge in [0.15, 0.2) is 0 Å². The predicted molar refractivity (Wildman–Crippen MR) is 77.7 cm³/mol. The Balaban J connectivity index is 2.76. The minimum atomic E-state index is -0.443. The van der Waals surface area contributed by atoms with Gasteiger partial charge in [-0.25, -0.2) is 4.79 Å². The summed E-state index contributed by atoms with van der Waals surface area (Å²) in [5.41, 5.74) is -0.875. The number of hydrogen-bond acceptors (Lipinski definition) is 3. The second kappa shape index (κ2) is 7.67. The number of hydrogen-bond donors (Lipinski definition) is 1. The van der Waals surface area contributed by atoms with Gasteiger partial charge in [-0.1, -0.05) is 20.8 Å². The number of nitrogens with zero attached hydrogens (tertiary/aromatic N) is 2. The molecule has 0 aliphatic heterocycles. The first-order valence-electron chi connectivity index (χ1n) is 7.02. The third kappa shape index (κ3) is 4.68. The molecule has 1 N–H and O–H groups in total. The zero-order valence-electron chi connectivity index (χ0n) is 12.4. The van der Waals surface area contributed by atoms with E-state index >= 15 is 0 Å². The zero-order valence-corrected chi connectivity index (χ0v) is 12.4. The van der Waals surface area contributed by atoms with Gasteiger partial charge in [0.1, 0.15) is 6.54 Å². The van der Waals surface area contributed by atoms with Crippen LogP contribution < -0.4 is 16.6 Å². The van der Waals surface area contributed by atoms with Gasteiger partial charge in [-0.3, -0.25) is 14.2 Å². The summed E-state index contributed by atoms with van der Waals surface area (Å²) in [6.07, 6.45) is 3.13. The minimum Gasteiger partial charge on any atom is -0.355 e. The highest BCUT2D eigenvalue weighted by Gasteiger charge is 2.09. The van der Waals surface area contributed by atoms with Crippen LogP contribution >= 0.6 is 0 Å². The smallest absolute Gasteiger partial charge is 0.331 e. The maximum Gasteiger partial charge on any atom is 0.331 e. The van der Waals surface area contributed by atoms with E-state index in [-0.39, 0.29) is 12.5 Å². The normalized spacial score (nSPS) is 10.8. The van der Waals surface area contributed by atoms with E-state index in [2.05, 4.69) is 19.2 Å². The molecule has 0 aromatic carbocycles. The fourth-order valence-corrected chi connectivity index (χ4v) is 1.81. The van der Waals surface area contributed by atoms with Gasteiger partial charge in [-0.2, -0.15) is 0 Å². The van der Waals surface area contributed by atoms with Crippen LogP contribution in [0.5, 0.6) is 0 Å². The Morgan fingerprint density at radius 3 is 2.65 bits per heavy atom. The molecule has 1 heterocycles. The lowest BCUT2D eigenvalue weighted by atomic mass is 10.1. The Hall–Kier alpha value is -1.85. The number of aryl methyl sites for hydroxylation is 1. The quantitative estimate of drug-likeness (QED) is 0.794. The van der Waals surface area contributed by atoms with Gasteiger partial charge in [0.2, 0.25) is 5.91 Å². The fourth-order valence-electron chi connectivity index (χ4n) is 1.81. The first kappa shape index (κ1) is 16.2. The van der Waals surface area contributed by atoms with E-state index in [0.717, 1.165) is 17.4 Å². The number of nitrogens with one attached hydrogen (secondary N) is 1. The third-order valence-electron chi connectivity index (χ3n) is 2.95. The van der Waals surface area contributed by atoms with Gasteiger partial charge in [-0.05, 0) is 18.8 Å². The van der Waals surface area contributed by atoms with Gasteiger partial charge in [0.25, 0.3) is 5.56 Å². The van der Waals surface area contributed by atoms with Crippen molar-refractivity contribution in [2.75, 3.05) is 6.54 Å². The topological polar surface area (TPSA) is 73.1 Å². The first-order valence-corrected chi connectivity index (χ1v) is 7.02. The van der Waals surface area contributed by atoms with Crippen molar-refractivity contribution in [3.63, 3.8) is 0 Å². The number of aromatic nitrogens is 2. The van der Waals surface area contributed by atoms with Gasteiger partial charge in [0, 0.05) is 25.4 Å². The van der Waals surface area contributed by atoms with Crippen LogP contribution in [0.25, 0.3) is 0 Å². The van der Waals surface area contributed by atoms with E-state index in [0.29, 0.717) is 19.0 Å². The molecule has 20 heavy (non-hydrogen) atoms. The summed E-state index contributed by atoms with van der Waals surface area (Å²) in [6.45, 7) is 6.95. The molecule has 0 spiro atoms. The second-order valence-corrected chi connectivity index (χ2v) is 5.25. The average molecular weight is 281 g/mol. The minimum absolute atomic E-state index is 0.222. The molecule has 0 unspecified atom stereocenters. The van der Waals surface area contributed by atoms with Gasteiger partial charge >= 0.3 is 5.69 Å². The molecule has 1 rings (SSSR count). The molecule has 0 fully saturated rings. The van der Waals surface area contributed by atoms with E-state index in [4.69, 9.17) is 0 Å². The Kier molecular flexibility index (Phi) is 6.21. The van der Waals surface area contributed by atoms with Crippen molar-refractivity contribution in [2.45, 2.75) is 46.7 Å². The Labute approximate surface area is 118 Å². The van der Waals surface area contributed by atoms with E-state index in [1.165, 1.54) is 16.8 Å². The molecule has 6 nitrogen and oxygen atoms in total. The molecule has 0 bridgehead atoms. The molecule has 1 aromatic heterocycles. The molecular formula is C14H23N3O3. The summed E-state index contributed by atoms with van der Waals surface area (Å²) in [5.74, 6) is 0.190. The van der Waals surface area contributed by atoms with E-state index in [9.17, 15) is 14.4 Å². The second-order valence-electron chi connectivity index (χ2n) is 5.25. The maximum atomic E-state index is 12.0. The Bertz CT molecular complexity index is 558. The highest BCUT2D eigenvalue weighted by atomic mass is 16.2. The molecule has 6 heteroatoms. The van der Waals surface area contributed by atoms with Crippen molar-refractivity contribution in [3.05, 3.63) is 33.1 Å². The number of carbonyl (C=O) groups excluding carboxylic acids is 1. The van der Waals surface area contributed by atoms with Crippen LogP contribution in [0, 0.1) is 5.92 Å². The van der Waals surface area contributed by atoms with Crippen molar-refractivity contribution in [2.24, 2.45) is 5.92 Å². The lowest BCUT2D eigenvalue weighted by Crippen LogP contribution is -2.43. The average Bonchev–Trinajstić information content (AvgIpc) is 2.37. The molecule has 0 aliphatic rings. The number of amides is 1. The molecule has 0 radical (unpaired) electrons. The largest absolute Gasteiger partial charge is 0.355 e. The van der Waals surface area contributed by atoms with E-state index in [1.54, 1.807) is 0 Å². The summed E-state index contributed by atoms with van der Waals surface area (Å²) in [7, 11) is 0. The van der Waals surface area contributed by atoms with Crippen LogP contribution in [-0.2, 0) is 17.9 Å². The lowest BCUT2D eigenvalue weighted by molar-refractivity contribution is -0.121. The summed E-state index contributed by atoms with van der Waals surface area (Å²) >= 11 is 0. The molecule has 0 aliphatic carbocycles. The Morgan fingerprint density at radius 1 is 1.35 bits per heavy atom. The van der Waals surface area contributed by atoms with Gasteiger partial charge in [-0.15, -0.1) is 0 Å². The first-order chi connectivity index (χ1) is 9.45. The third-order valence-corrected chi connectivity index (χ3v) is 2.95. The van der Waals surface area contributed by atoms with Crippen molar-refractivity contribution >= 4 is 5.91 Å². The summed E-state index contributed by atoms with van der Waals surface area (Å²) in [5, 5.41) is 2.72. The summed E-state index contributed by atoms with van der Waals surface area (Å²) < 4.78 is 2.42. The van der Waals surface area contributed by atoms with Crippen LogP contribution in [0.2, 0.25) is 0 Å². The number of carbonyl (C=O) groups is 1. The maximum absolute atomic E-state index is 12.0. The summed E-state index contributed by atoms with van der Waals surface area (Å²) in [4.78, 5) is 35.5. The van der Waals surface area contributed by atoms with E-state index in [1.807, 2.05) is 6.92 Å². The van der Waals surface area contributed by atoms with Crippen molar-refractivity contribution in [3.8, 4) is 0 Å². The molecule has 112 valence electrons. The SMILES string of the molecule is CCCn1ccc(=O)n(CC(=O)NCCC(C)C)c1=O. The molecule has 1 aromatic rings.